The molecule has 3 aromatic rings. The maximum Gasteiger partial charge on any atom is 0.253 e. The third kappa shape index (κ3) is 2.40. The number of amides is 1. The molecule has 1 aromatic carbocycles. The molecule has 1 amide bonds. The largest absolute Gasteiger partial charge is 0.360 e. The number of H-pyrrole nitrogens is 1. The van der Waals surface area contributed by atoms with Gasteiger partial charge in [0, 0.05) is 22.8 Å². The highest BCUT2D eigenvalue weighted by molar-refractivity contribution is 6.06. The molecule has 0 radical (unpaired) electrons. The zero-order valence-electron chi connectivity index (χ0n) is 11.2. The van der Waals surface area contributed by atoms with Gasteiger partial charge in [-0.25, -0.2) is 0 Å². The molecule has 0 aliphatic heterocycles. The van der Waals surface area contributed by atoms with E-state index in [0.717, 1.165) is 22.3 Å². The van der Waals surface area contributed by atoms with Gasteiger partial charge in [0.2, 0.25) is 0 Å². The van der Waals surface area contributed by atoms with Gasteiger partial charge in [0.15, 0.2) is 0 Å². The maximum atomic E-state index is 12.2. The quantitative estimate of drug-likeness (QED) is 0.765. The molecular formula is C16H15N3O. The molecule has 3 rings (SSSR count). The predicted molar refractivity (Wildman–Crippen MR) is 78.4 cm³/mol. The van der Waals surface area contributed by atoms with E-state index in [4.69, 9.17) is 0 Å². The molecule has 0 spiro atoms. The van der Waals surface area contributed by atoms with Crippen LogP contribution in [0.3, 0.4) is 0 Å². The lowest BCUT2D eigenvalue weighted by atomic mass is 10.1. The summed E-state index contributed by atoms with van der Waals surface area (Å²) in [6, 6.07) is 13.5. The molecule has 0 aliphatic rings. The van der Waals surface area contributed by atoms with Gasteiger partial charge >= 0.3 is 0 Å². The minimum absolute atomic E-state index is 0.0919. The van der Waals surface area contributed by atoms with E-state index < -0.39 is 0 Å². The summed E-state index contributed by atoms with van der Waals surface area (Å²) in [5.41, 5.74) is 3.43. The van der Waals surface area contributed by atoms with Crippen LogP contribution in [0.15, 0.2) is 48.7 Å². The summed E-state index contributed by atoms with van der Waals surface area (Å²) >= 11 is 0. The number of hydrogen-bond acceptors (Lipinski definition) is 2. The molecule has 2 aromatic heterocycles. The average molecular weight is 265 g/mol. The lowest BCUT2D eigenvalue weighted by molar-refractivity contribution is 0.0952. The van der Waals surface area contributed by atoms with Crippen molar-refractivity contribution in [3.05, 3.63) is 65.6 Å². The zero-order chi connectivity index (χ0) is 13.9. The summed E-state index contributed by atoms with van der Waals surface area (Å²) in [4.78, 5) is 19.7. The standard InChI is InChI=1S/C16H15N3O/c1-11-5-4-6-12(19-11)9-18-16(20)14-10-17-15-8-3-2-7-13(14)15/h2-8,10,17H,9H2,1H3,(H,18,20). The second-order valence-corrected chi connectivity index (χ2v) is 4.70. The first-order valence-corrected chi connectivity index (χ1v) is 6.51. The molecule has 0 aliphatic carbocycles. The molecule has 0 saturated carbocycles. The van der Waals surface area contributed by atoms with Crippen molar-refractivity contribution in [1.29, 1.82) is 0 Å². The highest BCUT2D eigenvalue weighted by Gasteiger charge is 2.11. The van der Waals surface area contributed by atoms with Gasteiger partial charge in [-0.05, 0) is 25.1 Å². The number of rotatable bonds is 3. The van der Waals surface area contributed by atoms with E-state index >= 15 is 0 Å². The van der Waals surface area contributed by atoms with Gasteiger partial charge in [0.25, 0.3) is 5.91 Å². The second kappa shape index (κ2) is 5.17. The van der Waals surface area contributed by atoms with Crippen molar-refractivity contribution in [1.82, 2.24) is 15.3 Å². The second-order valence-electron chi connectivity index (χ2n) is 4.70. The molecule has 100 valence electrons. The van der Waals surface area contributed by atoms with Crippen LogP contribution >= 0.6 is 0 Å². The highest BCUT2D eigenvalue weighted by Crippen LogP contribution is 2.17. The van der Waals surface area contributed by atoms with Crippen molar-refractivity contribution in [2.75, 3.05) is 0 Å². The van der Waals surface area contributed by atoms with Gasteiger partial charge in [0.1, 0.15) is 0 Å². The lowest BCUT2D eigenvalue weighted by Gasteiger charge is -2.04. The topological polar surface area (TPSA) is 57.8 Å². The number of nitrogens with one attached hydrogen (secondary N) is 2. The fourth-order valence-corrected chi connectivity index (χ4v) is 2.22. The van der Waals surface area contributed by atoms with E-state index in [-0.39, 0.29) is 5.91 Å². The molecule has 0 unspecified atom stereocenters. The summed E-state index contributed by atoms with van der Waals surface area (Å²) in [6.07, 6.45) is 1.74. The van der Waals surface area contributed by atoms with Crippen molar-refractivity contribution in [3.8, 4) is 0 Å². The molecular weight excluding hydrogens is 250 g/mol. The average Bonchev–Trinajstić information content (AvgIpc) is 2.89. The fourth-order valence-electron chi connectivity index (χ4n) is 2.22. The first kappa shape index (κ1) is 12.4. The van der Waals surface area contributed by atoms with E-state index in [1.54, 1.807) is 6.20 Å². The number of aromatic nitrogens is 2. The molecule has 4 nitrogen and oxygen atoms in total. The smallest absolute Gasteiger partial charge is 0.253 e. The lowest BCUT2D eigenvalue weighted by Crippen LogP contribution is -2.23. The normalized spacial score (nSPS) is 10.7. The summed E-state index contributed by atoms with van der Waals surface area (Å²) < 4.78 is 0. The van der Waals surface area contributed by atoms with Crippen LogP contribution < -0.4 is 5.32 Å². The fraction of sp³-hybridized carbons (Fsp3) is 0.125. The molecule has 0 saturated heterocycles. The minimum atomic E-state index is -0.0919. The monoisotopic (exact) mass is 265 g/mol. The third-order valence-corrected chi connectivity index (χ3v) is 3.21. The maximum absolute atomic E-state index is 12.2. The number of benzene rings is 1. The first-order valence-electron chi connectivity index (χ1n) is 6.51. The highest BCUT2D eigenvalue weighted by atomic mass is 16.1. The van der Waals surface area contributed by atoms with Crippen molar-refractivity contribution in [2.45, 2.75) is 13.5 Å². The number of carbonyl (C=O) groups is 1. The van der Waals surface area contributed by atoms with Crippen molar-refractivity contribution >= 4 is 16.8 Å². The SMILES string of the molecule is Cc1cccc(CNC(=O)c2c[nH]c3ccccc23)n1. The van der Waals surface area contributed by atoms with Crippen LogP contribution in [0.1, 0.15) is 21.7 Å². The van der Waals surface area contributed by atoms with Crippen LogP contribution in [0.5, 0.6) is 0 Å². The Morgan fingerprint density at radius 3 is 2.90 bits per heavy atom. The van der Waals surface area contributed by atoms with E-state index in [9.17, 15) is 4.79 Å². The van der Waals surface area contributed by atoms with Gasteiger partial charge in [-0.3, -0.25) is 9.78 Å². The summed E-state index contributed by atoms with van der Waals surface area (Å²) in [7, 11) is 0. The van der Waals surface area contributed by atoms with Crippen LogP contribution in [-0.2, 0) is 6.54 Å². The molecule has 4 heteroatoms. The van der Waals surface area contributed by atoms with E-state index in [1.807, 2.05) is 49.4 Å². The van der Waals surface area contributed by atoms with Crippen LogP contribution in [0.25, 0.3) is 10.9 Å². The number of hydrogen-bond donors (Lipinski definition) is 2. The van der Waals surface area contributed by atoms with Crippen LogP contribution in [-0.4, -0.2) is 15.9 Å². The van der Waals surface area contributed by atoms with Crippen LogP contribution in [0.4, 0.5) is 0 Å². The number of fused-ring (bicyclic) bond motifs is 1. The number of aryl methyl sites for hydroxylation is 1. The molecule has 0 atom stereocenters. The number of para-hydroxylation sites is 1. The molecule has 0 fully saturated rings. The Balaban J connectivity index is 1.76. The van der Waals surface area contributed by atoms with Gasteiger partial charge < -0.3 is 10.3 Å². The van der Waals surface area contributed by atoms with Crippen molar-refractivity contribution in [2.24, 2.45) is 0 Å². The van der Waals surface area contributed by atoms with Gasteiger partial charge in [-0.15, -0.1) is 0 Å². The zero-order valence-corrected chi connectivity index (χ0v) is 11.2. The Morgan fingerprint density at radius 1 is 1.20 bits per heavy atom. The van der Waals surface area contributed by atoms with Crippen molar-refractivity contribution < 1.29 is 4.79 Å². The number of pyridine rings is 1. The Bertz CT molecular complexity index is 761. The Hall–Kier alpha value is -2.62. The first-order chi connectivity index (χ1) is 9.74. The van der Waals surface area contributed by atoms with Crippen LogP contribution in [0.2, 0.25) is 0 Å². The molecule has 20 heavy (non-hydrogen) atoms. The molecule has 2 N–H and O–H groups in total. The van der Waals surface area contributed by atoms with Gasteiger partial charge in [0.05, 0.1) is 17.8 Å². The van der Waals surface area contributed by atoms with Gasteiger partial charge in [-0.1, -0.05) is 24.3 Å². The van der Waals surface area contributed by atoms with E-state index in [2.05, 4.69) is 15.3 Å². The number of nitrogens with zero attached hydrogens (tertiary/aromatic N) is 1. The summed E-state index contributed by atoms with van der Waals surface area (Å²) in [5, 5.41) is 3.83. The van der Waals surface area contributed by atoms with E-state index in [1.165, 1.54) is 0 Å². The Morgan fingerprint density at radius 2 is 2.05 bits per heavy atom. The summed E-state index contributed by atoms with van der Waals surface area (Å²) in [6.45, 7) is 2.37. The molecule has 2 heterocycles. The molecule has 0 bridgehead atoms. The van der Waals surface area contributed by atoms with Crippen LogP contribution in [0, 0.1) is 6.92 Å². The predicted octanol–water partition coefficient (Wildman–Crippen LogP) is 2.80. The van der Waals surface area contributed by atoms with Crippen molar-refractivity contribution in [3.63, 3.8) is 0 Å². The Labute approximate surface area is 116 Å². The third-order valence-electron chi connectivity index (χ3n) is 3.21. The summed E-state index contributed by atoms with van der Waals surface area (Å²) in [5.74, 6) is -0.0919. The minimum Gasteiger partial charge on any atom is -0.360 e. The number of aromatic amines is 1. The van der Waals surface area contributed by atoms with Gasteiger partial charge in [-0.2, -0.15) is 0 Å². The Kier molecular flexibility index (Phi) is 3.21. The van der Waals surface area contributed by atoms with E-state index in [0.29, 0.717) is 12.1 Å². The number of carbonyl (C=O) groups excluding carboxylic acids is 1.